The van der Waals surface area contributed by atoms with Gasteiger partial charge in [-0.25, -0.2) is 8.96 Å². The standard InChI is InChI=1S/C23H16FN2/c1-13-9-10-15-21-16(24)6-4-8-18(21)26-17-7-3-5-14-11-12-25(2)23(20(14)17)19(13)22(15)26/h3-12H,1-2H3/q+1. The van der Waals surface area contributed by atoms with Crippen molar-refractivity contribution in [2.45, 2.75) is 6.92 Å². The Hall–Kier alpha value is -3.20. The molecule has 0 N–H and O–H groups in total. The first-order valence-corrected chi connectivity index (χ1v) is 8.81. The fourth-order valence-electron chi connectivity index (χ4n) is 4.65. The van der Waals surface area contributed by atoms with Crippen LogP contribution in [-0.4, -0.2) is 4.40 Å². The first kappa shape index (κ1) is 14.0. The highest BCUT2D eigenvalue weighted by molar-refractivity contribution is 6.25. The topological polar surface area (TPSA) is 8.29 Å². The van der Waals surface area contributed by atoms with Crippen molar-refractivity contribution in [1.82, 2.24) is 4.40 Å². The molecule has 0 aliphatic carbocycles. The highest BCUT2D eigenvalue weighted by Crippen LogP contribution is 2.40. The zero-order valence-corrected chi connectivity index (χ0v) is 14.5. The maximum atomic E-state index is 14.8. The van der Waals surface area contributed by atoms with E-state index in [1.807, 2.05) is 6.07 Å². The van der Waals surface area contributed by atoms with Crippen LogP contribution in [0.15, 0.2) is 60.8 Å². The molecule has 0 aliphatic rings. The summed E-state index contributed by atoms with van der Waals surface area (Å²) in [5.41, 5.74) is 5.57. The van der Waals surface area contributed by atoms with E-state index in [1.165, 1.54) is 27.2 Å². The molecule has 6 rings (SSSR count). The third-order valence-electron chi connectivity index (χ3n) is 5.73. The second kappa shape index (κ2) is 4.50. The molecule has 26 heavy (non-hydrogen) atoms. The Bertz CT molecular complexity index is 1510. The van der Waals surface area contributed by atoms with Gasteiger partial charge >= 0.3 is 0 Å². The molecule has 3 heteroatoms. The van der Waals surface area contributed by atoms with Gasteiger partial charge < -0.3 is 4.40 Å². The number of hydrogen-bond acceptors (Lipinski definition) is 0. The number of rotatable bonds is 0. The van der Waals surface area contributed by atoms with Crippen molar-refractivity contribution >= 4 is 49.0 Å². The van der Waals surface area contributed by atoms with Crippen molar-refractivity contribution in [2.75, 3.05) is 0 Å². The fourth-order valence-corrected chi connectivity index (χ4v) is 4.65. The molecule has 3 aromatic heterocycles. The lowest BCUT2D eigenvalue weighted by Gasteiger charge is -2.12. The van der Waals surface area contributed by atoms with Gasteiger partial charge in [-0.3, -0.25) is 0 Å². The van der Waals surface area contributed by atoms with Gasteiger partial charge in [0, 0.05) is 16.8 Å². The summed E-state index contributed by atoms with van der Waals surface area (Å²) in [7, 11) is 2.09. The molecule has 6 aromatic rings. The summed E-state index contributed by atoms with van der Waals surface area (Å²) in [6.45, 7) is 2.14. The molecule has 3 aromatic carbocycles. The zero-order chi connectivity index (χ0) is 17.6. The summed E-state index contributed by atoms with van der Waals surface area (Å²) in [6, 6.07) is 18.1. The minimum Gasteiger partial charge on any atom is -0.307 e. The van der Waals surface area contributed by atoms with Crippen molar-refractivity contribution < 1.29 is 8.96 Å². The predicted octanol–water partition coefficient (Wildman–Crippen LogP) is 5.26. The molecule has 0 atom stereocenters. The van der Waals surface area contributed by atoms with E-state index in [1.54, 1.807) is 12.1 Å². The number of benzene rings is 3. The molecular weight excluding hydrogens is 323 g/mol. The number of fused-ring (bicyclic) bond motifs is 5. The van der Waals surface area contributed by atoms with Crippen molar-refractivity contribution in [2.24, 2.45) is 7.05 Å². The van der Waals surface area contributed by atoms with Gasteiger partial charge in [0.15, 0.2) is 6.20 Å². The van der Waals surface area contributed by atoms with Gasteiger partial charge in [-0.2, -0.15) is 0 Å². The average molecular weight is 339 g/mol. The van der Waals surface area contributed by atoms with Crippen molar-refractivity contribution in [3.8, 4) is 0 Å². The summed E-state index contributed by atoms with van der Waals surface area (Å²) < 4.78 is 19.2. The third-order valence-corrected chi connectivity index (χ3v) is 5.73. The number of nitrogens with zero attached hydrogens (tertiary/aromatic N) is 2. The van der Waals surface area contributed by atoms with Gasteiger partial charge in [0.25, 0.3) is 0 Å². The monoisotopic (exact) mass is 339 g/mol. The van der Waals surface area contributed by atoms with Crippen LogP contribution in [0.1, 0.15) is 5.56 Å². The Morgan fingerprint density at radius 1 is 0.846 bits per heavy atom. The van der Waals surface area contributed by atoms with Crippen LogP contribution in [-0.2, 0) is 7.05 Å². The maximum absolute atomic E-state index is 14.8. The van der Waals surface area contributed by atoms with Crippen LogP contribution in [0.2, 0.25) is 0 Å². The molecule has 0 fully saturated rings. The van der Waals surface area contributed by atoms with Crippen LogP contribution in [0, 0.1) is 12.7 Å². The van der Waals surface area contributed by atoms with Gasteiger partial charge in [0.05, 0.1) is 27.3 Å². The van der Waals surface area contributed by atoms with Crippen LogP contribution in [0.25, 0.3) is 49.0 Å². The van der Waals surface area contributed by atoms with Gasteiger partial charge in [-0.1, -0.05) is 30.3 Å². The Morgan fingerprint density at radius 2 is 1.62 bits per heavy atom. The van der Waals surface area contributed by atoms with E-state index in [0.717, 1.165) is 21.9 Å². The summed E-state index contributed by atoms with van der Waals surface area (Å²) >= 11 is 0. The molecule has 0 aliphatic heterocycles. The van der Waals surface area contributed by atoms with Crippen LogP contribution in [0.3, 0.4) is 0 Å². The van der Waals surface area contributed by atoms with E-state index in [2.05, 4.69) is 65.5 Å². The van der Waals surface area contributed by atoms with E-state index in [-0.39, 0.29) is 5.82 Å². The van der Waals surface area contributed by atoms with E-state index in [4.69, 9.17) is 0 Å². The van der Waals surface area contributed by atoms with Crippen molar-refractivity contribution in [3.05, 3.63) is 72.2 Å². The van der Waals surface area contributed by atoms with Crippen molar-refractivity contribution in [3.63, 3.8) is 0 Å². The minimum atomic E-state index is -0.163. The molecular formula is C23H16FN2+. The van der Waals surface area contributed by atoms with Gasteiger partial charge in [-0.05, 0) is 36.1 Å². The molecule has 3 heterocycles. The van der Waals surface area contributed by atoms with Crippen molar-refractivity contribution in [1.29, 1.82) is 0 Å². The largest absolute Gasteiger partial charge is 0.307 e. The van der Waals surface area contributed by atoms with Gasteiger partial charge in [0.2, 0.25) is 5.52 Å². The fraction of sp³-hybridized carbons (Fsp3) is 0.0870. The molecule has 0 saturated carbocycles. The SMILES string of the molecule is Cc1ccc2c3c(F)cccc3n3c4cccc5cc[n+](C)c(c1c23)c54. The number of aromatic nitrogens is 2. The normalized spacial score (nSPS) is 12.4. The third kappa shape index (κ3) is 1.46. The van der Waals surface area contributed by atoms with E-state index >= 15 is 0 Å². The molecule has 0 amide bonds. The lowest BCUT2D eigenvalue weighted by molar-refractivity contribution is -0.643. The molecule has 0 unspecified atom stereocenters. The van der Waals surface area contributed by atoms with E-state index in [9.17, 15) is 4.39 Å². The lowest BCUT2D eigenvalue weighted by atomic mass is 10.00. The summed E-state index contributed by atoms with van der Waals surface area (Å²) in [4.78, 5) is 0. The molecule has 0 radical (unpaired) electrons. The Kier molecular flexibility index (Phi) is 2.42. The first-order chi connectivity index (χ1) is 12.7. The summed E-state index contributed by atoms with van der Waals surface area (Å²) in [6.07, 6.45) is 2.11. The quantitative estimate of drug-likeness (QED) is 0.203. The Balaban J connectivity index is 2.17. The minimum absolute atomic E-state index is 0.163. The predicted molar refractivity (Wildman–Crippen MR) is 104 cm³/mol. The summed E-state index contributed by atoms with van der Waals surface area (Å²) in [5.74, 6) is -0.163. The molecule has 0 bridgehead atoms. The van der Waals surface area contributed by atoms with Gasteiger partial charge in [0.1, 0.15) is 12.9 Å². The lowest BCUT2D eigenvalue weighted by Crippen LogP contribution is -2.28. The number of aryl methyl sites for hydroxylation is 2. The average Bonchev–Trinajstić information content (AvgIpc) is 2.98. The van der Waals surface area contributed by atoms with Gasteiger partial charge in [-0.15, -0.1) is 0 Å². The smallest absolute Gasteiger partial charge is 0.224 e. The van der Waals surface area contributed by atoms with Crippen LogP contribution < -0.4 is 4.57 Å². The van der Waals surface area contributed by atoms with Crippen LogP contribution >= 0.6 is 0 Å². The number of halogens is 1. The summed E-state index contributed by atoms with van der Waals surface area (Å²) in [5, 5.41) is 5.31. The highest BCUT2D eigenvalue weighted by Gasteiger charge is 2.24. The first-order valence-electron chi connectivity index (χ1n) is 8.81. The Morgan fingerprint density at radius 3 is 2.46 bits per heavy atom. The van der Waals surface area contributed by atoms with E-state index in [0.29, 0.717) is 5.39 Å². The number of pyridine rings is 2. The Labute approximate surface area is 149 Å². The highest BCUT2D eigenvalue weighted by atomic mass is 19.1. The maximum Gasteiger partial charge on any atom is 0.224 e. The molecule has 2 nitrogen and oxygen atoms in total. The van der Waals surface area contributed by atoms with Crippen LogP contribution in [0.5, 0.6) is 0 Å². The number of hydrogen-bond donors (Lipinski definition) is 0. The van der Waals surface area contributed by atoms with Crippen LogP contribution in [0.4, 0.5) is 4.39 Å². The van der Waals surface area contributed by atoms with E-state index < -0.39 is 0 Å². The molecule has 0 spiro atoms. The molecule has 124 valence electrons. The second-order valence-corrected chi connectivity index (χ2v) is 7.14. The zero-order valence-electron chi connectivity index (χ0n) is 14.5. The molecule has 0 saturated heterocycles. The second-order valence-electron chi connectivity index (χ2n) is 7.14.